The van der Waals surface area contributed by atoms with Crippen LogP contribution in [0.4, 0.5) is 0 Å². The number of carbonyl (C=O) groups is 2. The lowest BCUT2D eigenvalue weighted by Crippen LogP contribution is -2.50. The van der Waals surface area contributed by atoms with E-state index in [4.69, 9.17) is 0 Å². The molecular formula is C20H31N3O2. The summed E-state index contributed by atoms with van der Waals surface area (Å²) in [5.41, 5.74) is 1.14. The zero-order valence-corrected chi connectivity index (χ0v) is 15.7. The van der Waals surface area contributed by atoms with E-state index in [1.807, 2.05) is 4.90 Å². The van der Waals surface area contributed by atoms with E-state index in [9.17, 15) is 9.59 Å². The lowest BCUT2D eigenvalue weighted by molar-refractivity contribution is 0.0755. The smallest absolute Gasteiger partial charge is 0.253 e. The summed E-state index contributed by atoms with van der Waals surface area (Å²) < 4.78 is 0. The number of nitrogens with one attached hydrogen (secondary N) is 2. The third-order valence-corrected chi connectivity index (χ3v) is 4.79. The van der Waals surface area contributed by atoms with E-state index in [1.165, 1.54) is 0 Å². The number of carbonyl (C=O) groups excluding carboxylic acids is 2. The summed E-state index contributed by atoms with van der Waals surface area (Å²) >= 11 is 0. The number of hydrogen-bond donors (Lipinski definition) is 2. The van der Waals surface area contributed by atoms with Gasteiger partial charge in [0.1, 0.15) is 0 Å². The molecule has 1 aliphatic heterocycles. The Hall–Kier alpha value is -1.88. The van der Waals surface area contributed by atoms with Gasteiger partial charge in [0.15, 0.2) is 0 Å². The molecule has 1 saturated heterocycles. The van der Waals surface area contributed by atoms with Crippen molar-refractivity contribution in [1.29, 1.82) is 0 Å². The van der Waals surface area contributed by atoms with Gasteiger partial charge in [-0.25, -0.2) is 0 Å². The summed E-state index contributed by atoms with van der Waals surface area (Å²) in [4.78, 5) is 27.2. The second-order valence-electron chi connectivity index (χ2n) is 6.92. The van der Waals surface area contributed by atoms with Gasteiger partial charge in [-0.1, -0.05) is 26.8 Å². The van der Waals surface area contributed by atoms with Crippen molar-refractivity contribution in [3.05, 3.63) is 35.4 Å². The molecule has 0 bridgehead atoms. The van der Waals surface area contributed by atoms with Crippen LogP contribution in [0.15, 0.2) is 24.3 Å². The Bertz CT molecular complexity index is 582. The fraction of sp³-hybridized carbons (Fsp3) is 0.600. The van der Waals surface area contributed by atoms with Gasteiger partial charge in [-0.15, -0.1) is 0 Å². The highest BCUT2D eigenvalue weighted by atomic mass is 16.2. The van der Waals surface area contributed by atoms with Gasteiger partial charge < -0.3 is 15.5 Å². The molecule has 2 amide bonds. The van der Waals surface area contributed by atoms with Gasteiger partial charge in [0.25, 0.3) is 11.8 Å². The van der Waals surface area contributed by atoms with E-state index >= 15 is 0 Å². The monoisotopic (exact) mass is 345 g/mol. The number of amides is 2. The molecule has 0 saturated carbocycles. The zero-order valence-electron chi connectivity index (χ0n) is 15.7. The largest absolute Gasteiger partial charge is 0.348 e. The first kappa shape index (κ1) is 19.4. The van der Waals surface area contributed by atoms with Gasteiger partial charge in [0.2, 0.25) is 0 Å². The average Bonchev–Trinajstić information content (AvgIpc) is 2.63. The van der Waals surface area contributed by atoms with E-state index in [0.29, 0.717) is 17.0 Å². The topological polar surface area (TPSA) is 61.4 Å². The van der Waals surface area contributed by atoms with Crippen molar-refractivity contribution < 1.29 is 9.59 Å². The molecule has 5 nitrogen and oxygen atoms in total. The predicted octanol–water partition coefficient (Wildman–Crippen LogP) is 2.68. The number of benzene rings is 1. The Morgan fingerprint density at radius 3 is 2.52 bits per heavy atom. The zero-order chi connectivity index (χ0) is 18.2. The second-order valence-corrected chi connectivity index (χ2v) is 6.92. The van der Waals surface area contributed by atoms with E-state index < -0.39 is 0 Å². The lowest BCUT2D eigenvalue weighted by Gasteiger charge is -2.30. The minimum atomic E-state index is -0.104. The molecule has 1 aromatic rings. The van der Waals surface area contributed by atoms with Crippen molar-refractivity contribution in [2.24, 2.45) is 5.92 Å². The molecule has 138 valence electrons. The van der Waals surface area contributed by atoms with Crippen molar-refractivity contribution in [3.63, 3.8) is 0 Å². The maximum Gasteiger partial charge on any atom is 0.253 e. The summed E-state index contributed by atoms with van der Waals surface area (Å²) in [6, 6.07) is 7.22. The van der Waals surface area contributed by atoms with Crippen LogP contribution in [0.5, 0.6) is 0 Å². The molecule has 2 N–H and O–H groups in total. The fourth-order valence-electron chi connectivity index (χ4n) is 3.27. The molecule has 0 aliphatic carbocycles. The maximum atomic E-state index is 12.7. The minimum absolute atomic E-state index is 0.00560. The molecule has 5 heteroatoms. The van der Waals surface area contributed by atoms with Crippen LogP contribution in [0, 0.1) is 5.92 Å². The molecular weight excluding hydrogens is 314 g/mol. The van der Waals surface area contributed by atoms with E-state index in [-0.39, 0.29) is 17.9 Å². The van der Waals surface area contributed by atoms with Gasteiger partial charge in [0.05, 0.1) is 0 Å². The average molecular weight is 345 g/mol. The number of rotatable bonds is 7. The first-order chi connectivity index (χ1) is 12.1. The minimum Gasteiger partial charge on any atom is -0.348 e. The lowest BCUT2D eigenvalue weighted by atomic mass is 9.94. The van der Waals surface area contributed by atoms with Gasteiger partial charge in [0, 0.05) is 36.8 Å². The van der Waals surface area contributed by atoms with Gasteiger partial charge in [-0.05, 0) is 49.9 Å². The summed E-state index contributed by atoms with van der Waals surface area (Å²) in [6.45, 7) is 9.59. The van der Waals surface area contributed by atoms with Crippen molar-refractivity contribution >= 4 is 11.8 Å². The van der Waals surface area contributed by atoms with Crippen molar-refractivity contribution in [2.75, 3.05) is 26.2 Å². The van der Waals surface area contributed by atoms with Gasteiger partial charge in [-0.2, -0.15) is 0 Å². The first-order valence-corrected chi connectivity index (χ1v) is 9.47. The Morgan fingerprint density at radius 1 is 1.20 bits per heavy atom. The van der Waals surface area contributed by atoms with E-state index in [1.54, 1.807) is 24.3 Å². The molecule has 1 aromatic carbocycles. The highest BCUT2D eigenvalue weighted by Crippen LogP contribution is 2.14. The Balaban J connectivity index is 2.08. The first-order valence-electron chi connectivity index (χ1n) is 9.47. The highest BCUT2D eigenvalue weighted by molar-refractivity contribution is 5.99. The third-order valence-electron chi connectivity index (χ3n) is 4.79. The summed E-state index contributed by atoms with van der Waals surface area (Å²) in [6.07, 6.45) is 2.92. The molecule has 0 spiro atoms. The predicted molar refractivity (Wildman–Crippen MR) is 101 cm³/mol. The normalized spacial score (nSPS) is 20.1. The number of hydrogen-bond acceptors (Lipinski definition) is 3. The SMILES string of the molecule is CCCN(CCC)C(=O)c1cccc(C(=O)NC2CNCCC2C)c1. The van der Waals surface area contributed by atoms with Crippen molar-refractivity contribution in [3.8, 4) is 0 Å². The molecule has 0 aromatic heterocycles. The van der Waals surface area contributed by atoms with Crippen LogP contribution >= 0.6 is 0 Å². The molecule has 2 unspecified atom stereocenters. The van der Waals surface area contributed by atoms with Crippen LogP contribution in [0.3, 0.4) is 0 Å². The molecule has 2 atom stereocenters. The van der Waals surface area contributed by atoms with Crippen LogP contribution in [0.1, 0.15) is 60.7 Å². The van der Waals surface area contributed by atoms with Crippen LogP contribution in [-0.2, 0) is 0 Å². The van der Waals surface area contributed by atoms with Crippen LogP contribution in [0.25, 0.3) is 0 Å². The Morgan fingerprint density at radius 2 is 1.88 bits per heavy atom. The van der Waals surface area contributed by atoms with Crippen LogP contribution < -0.4 is 10.6 Å². The van der Waals surface area contributed by atoms with Crippen molar-refractivity contribution in [2.45, 2.75) is 46.1 Å². The molecule has 1 heterocycles. The van der Waals surface area contributed by atoms with Crippen LogP contribution in [-0.4, -0.2) is 48.9 Å². The molecule has 1 fully saturated rings. The summed E-state index contributed by atoms with van der Waals surface area (Å²) in [7, 11) is 0. The van der Waals surface area contributed by atoms with Gasteiger partial charge >= 0.3 is 0 Å². The molecule has 2 rings (SSSR count). The Kier molecular flexibility index (Phi) is 7.44. The molecule has 25 heavy (non-hydrogen) atoms. The highest BCUT2D eigenvalue weighted by Gasteiger charge is 2.23. The maximum absolute atomic E-state index is 12.7. The van der Waals surface area contributed by atoms with Crippen molar-refractivity contribution in [1.82, 2.24) is 15.5 Å². The third kappa shape index (κ3) is 5.30. The Labute approximate surface area is 151 Å². The number of nitrogens with zero attached hydrogens (tertiary/aromatic N) is 1. The van der Waals surface area contributed by atoms with E-state index in [2.05, 4.69) is 31.4 Å². The molecule has 0 radical (unpaired) electrons. The standard InChI is InChI=1S/C20H31N3O2/c1-4-11-23(12-5-2)20(25)17-8-6-7-16(13-17)19(24)22-18-14-21-10-9-15(18)3/h6-8,13,15,18,21H,4-5,9-12,14H2,1-3H3,(H,22,24). The summed E-state index contributed by atoms with van der Waals surface area (Å²) in [5.74, 6) is 0.360. The molecule has 1 aliphatic rings. The summed E-state index contributed by atoms with van der Waals surface area (Å²) in [5, 5.41) is 6.42. The quantitative estimate of drug-likeness (QED) is 0.799. The van der Waals surface area contributed by atoms with Gasteiger partial charge in [-0.3, -0.25) is 9.59 Å². The second kappa shape index (κ2) is 9.56. The van der Waals surface area contributed by atoms with E-state index in [0.717, 1.165) is 45.4 Å². The van der Waals surface area contributed by atoms with Crippen LogP contribution in [0.2, 0.25) is 0 Å². The fourth-order valence-corrected chi connectivity index (χ4v) is 3.27. The number of piperidine rings is 1.